The zero-order valence-electron chi connectivity index (χ0n) is 10.9. The number of halogens is 1. The predicted octanol–water partition coefficient (Wildman–Crippen LogP) is 4.98. The molecule has 0 radical (unpaired) electrons. The fourth-order valence-corrected chi connectivity index (χ4v) is 2.45. The van der Waals surface area contributed by atoms with Gasteiger partial charge in [-0.05, 0) is 23.6 Å². The number of rotatable bonds is 3. The van der Waals surface area contributed by atoms with Gasteiger partial charge in [-0.2, -0.15) is 0 Å². The van der Waals surface area contributed by atoms with E-state index in [-0.39, 0.29) is 16.3 Å². The third kappa shape index (κ3) is 2.56. The van der Waals surface area contributed by atoms with Gasteiger partial charge in [0.1, 0.15) is 17.1 Å². The zero-order valence-corrected chi connectivity index (χ0v) is 11.7. The van der Waals surface area contributed by atoms with Crippen LogP contribution >= 0.6 is 11.6 Å². The van der Waals surface area contributed by atoms with Crippen LogP contribution in [-0.2, 0) is 0 Å². The molecule has 0 aliphatic rings. The van der Waals surface area contributed by atoms with Crippen molar-refractivity contribution < 1.29 is 14.6 Å². The molecule has 0 saturated carbocycles. The fraction of sp³-hybridized carbons (Fsp3) is 0. The summed E-state index contributed by atoms with van der Waals surface area (Å²) < 4.78 is 5.80. The van der Waals surface area contributed by atoms with Gasteiger partial charge >= 0.3 is 5.97 Å². The quantitative estimate of drug-likeness (QED) is 0.741. The minimum Gasteiger partial charge on any atom is -0.478 e. The first-order chi connectivity index (χ1) is 10.2. The van der Waals surface area contributed by atoms with Gasteiger partial charge in [0.2, 0.25) is 0 Å². The third-order valence-electron chi connectivity index (χ3n) is 3.16. The molecule has 3 nitrogen and oxygen atoms in total. The van der Waals surface area contributed by atoms with E-state index < -0.39 is 5.97 Å². The maximum atomic E-state index is 11.3. The van der Waals surface area contributed by atoms with E-state index in [2.05, 4.69) is 0 Å². The van der Waals surface area contributed by atoms with Crippen LogP contribution in [0.1, 0.15) is 10.4 Å². The van der Waals surface area contributed by atoms with Crippen molar-refractivity contribution in [2.75, 3.05) is 0 Å². The number of carboxylic acids is 1. The Morgan fingerprint density at radius 3 is 2.38 bits per heavy atom. The van der Waals surface area contributed by atoms with E-state index in [1.807, 2.05) is 36.4 Å². The molecule has 104 valence electrons. The Hall–Kier alpha value is -2.52. The Kier molecular flexibility index (Phi) is 3.50. The maximum absolute atomic E-state index is 11.3. The fourth-order valence-electron chi connectivity index (χ4n) is 2.20. The van der Waals surface area contributed by atoms with Crippen molar-refractivity contribution in [3.05, 3.63) is 71.2 Å². The Labute approximate surface area is 126 Å². The van der Waals surface area contributed by atoms with E-state index in [9.17, 15) is 9.90 Å². The molecule has 3 rings (SSSR count). The smallest absolute Gasteiger partial charge is 0.341 e. The van der Waals surface area contributed by atoms with Gasteiger partial charge < -0.3 is 9.84 Å². The van der Waals surface area contributed by atoms with Crippen molar-refractivity contribution in [1.29, 1.82) is 0 Å². The monoisotopic (exact) mass is 298 g/mol. The van der Waals surface area contributed by atoms with Crippen LogP contribution in [0.25, 0.3) is 10.8 Å². The number of hydrogen-bond acceptors (Lipinski definition) is 2. The zero-order chi connectivity index (χ0) is 14.8. The number of aromatic carboxylic acids is 1. The lowest BCUT2D eigenvalue weighted by atomic mass is 10.1. The van der Waals surface area contributed by atoms with Crippen molar-refractivity contribution in [3.8, 4) is 11.5 Å². The Bertz CT molecular complexity index is 822. The first-order valence-corrected chi connectivity index (χ1v) is 6.72. The second-order valence-corrected chi connectivity index (χ2v) is 4.90. The van der Waals surface area contributed by atoms with Crippen molar-refractivity contribution in [2.24, 2.45) is 0 Å². The maximum Gasteiger partial charge on any atom is 0.341 e. The highest BCUT2D eigenvalue weighted by Crippen LogP contribution is 2.34. The van der Waals surface area contributed by atoms with Gasteiger partial charge in [-0.1, -0.05) is 54.1 Å². The molecule has 0 atom stereocenters. The lowest BCUT2D eigenvalue weighted by Gasteiger charge is -2.11. The van der Waals surface area contributed by atoms with Gasteiger partial charge in [0.05, 0.1) is 5.02 Å². The van der Waals surface area contributed by atoms with Crippen molar-refractivity contribution in [3.63, 3.8) is 0 Å². The van der Waals surface area contributed by atoms with Crippen molar-refractivity contribution >= 4 is 28.3 Å². The van der Waals surface area contributed by atoms with Gasteiger partial charge in [0, 0.05) is 5.39 Å². The molecule has 0 aliphatic carbocycles. The standard InChI is InChI=1S/C17H11ClO3/c18-13-8-4-10-15(16(13)17(19)20)21-14-9-3-6-11-5-1-2-7-12(11)14/h1-10H,(H,19,20). The number of fused-ring (bicyclic) bond motifs is 1. The molecular weight excluding hydrogens is 288 g/mol. The van der Waals surface area contributed by atoms with Crippen LogP contribution in [0, 0.1) is 0 Å². The van der Waals surface area contributed by atoms with Crippen LogP contribution in [0.15, 0.2) is 60.7 Å². The lowest BCUT2D eigenvalue weighted by Crippen LogP contribution is -2.01. The van der Waals surface area contributed by atoms with Crippen LogP contribution in [-0.4, -0.2) is 11.1 Å². The highest BCUT2D eigenvalue weighted by atomic mass is 35.5. The first-order valence-electron chi connectivity index (χ1n) is 6.34. The van der Waals surface area contributed by atoms with Crippen molar-refractivity contribution in [1.82, 2.24) is 0 Å². The van der Waals surface area contributed by atoms with Crippen LogP contribution in [0.4, 0.5) is 0 Å². The van der Waals surface area contributed by atoms with Gasteiger partial charge in [-0.15, -0.1) is 0 Å². The molecule has 0 aliphatic heterocycles. The highest BCUT2D eigenvalue weighted by Gasteiger charge is 2.16. The second-order valence-electron chi connectivity index (χ2n) is 4.50. The normalized spacial score (nSPS) is 10.5. The average molecular weight is 299 g/mol. The molecule has 0 unspecified atom stereocenters. The Morgan fingerprint density at radius 2 is 1.57 bits per heavy atom. The van der Waals surface area contributed by atoms with Crippen LogP contribution in [0.5, 0.6) is 11.5 Å². The molecule has 0 bridgehead atoms. The van der Waals surface area contributed by atoms with E-state index >= 15 is 0 Å². The molecule has 1 N–H and O–H groups in total. The molecule has 0 amide bonds. The second kappa shape index (κ2) is 5.46. The molecule has 4 heteroatoms. The minimum absolute atomic E-state index is 0.0351. The summed E-state index contributed by atoms with van der Waals surface area (Å²) in [6.45, 7) is 0. The van der Waals surface area contributed by atoms with Crippen LogP contribution in [0.2, 0.25) is 5.02 Å². The summed E-state index contributed by atoms with van der Waals surface area (Å²) in [5, 5.41) is 11.4. The number of carbonyl (C=O) groups is 1. The van der Waals surface area contributed by atoms with E-state index in [4.69, 9.17) is 16.3 Å². The van der Waals surface area contributed by atoms with E-state index in [0.29, 0.717) is 5.75 Å². The largest absolute Gasteiger partial charge is 0.478 e. The summed E-state index contributed by atoms with van der Waals surface area (Å²) >= 11 is 5.95. The third-order valence-corrected chi connectivity index (χ3v) is 3.47. The van der Waals surface area contributed by atoms with Crippen LogP contribution in [0.3, 0.4) is 0 Å². The number of hydrogen-bond donors (Lipinski definition) is 1. The summed E-state index contributed by atoms with van der Waals surface area (Å²) in [6.07, 6.45) is 0. The van der Waals surface area contributed by atoms with E-state index in [1.54, 1.807) is 18.2 Å². The molecular formula is C17H11ClO3. The number of benzene rings is 3. The SMILES string of the molecule is O=C(O)c1c(Cl)cccc1Oc1cccc2ccccc12. The summed E-state index contributed by atoms with van der Waals surface area (Å²) in [4.78, 5) is 11.3. The predicted molar refractivity (Wildman–Crippen MR) is 82.4 cm³/mol. The summed E-state index contributed by atoms with van der Waals surface area (Å²) in [5.74, 6) is -0.292. The van der Waals surface area contributed by atoms with Gasteiger partial charge in [-0.25, -0.2) is 4.79 Å². The highest BCUT2D eigenvalue weighted by molar-refractivity contribution is 6.33. The Morgan fingerprint density at radius 1 is 0.905 bits per heavy atom. The Balaban J connectivity index is 2.12. The molecule has 3 aromatic rings. The van der Waals surface area contributed by atoms with Gasteiger partial charge in [0.25, 0.3) is 0 Å². The number of carboxylic acid groups (broad SMARTS) is 1. The lowest BCUT2D eigenvalue weighted by molar-refractivity contribution is 0.0694. The minimum atomic E-state index is -1.11. The summed E-state index contributed by atoms with van der Waals surface area (Å²) in [5.41, 5.74) is -0.0351. The molecule has 0 saturated heterocycles. The van der Waals surface area contributed by atoms with Gasteiger partial charge in [0.15, 0.2) is 0 Å². The molecule has 0 heterocycles. The summed E-state index contributed by atoms with van der Waals surface area (Å²) in [7, 11) is 0. The molecule has 0 spiro atoms. The van der Waals surface area contributed by atoms with E-state index in [0.717, 1.165) is 10.8 Å². The topological polar surface area (TPSA) is 46.5 Å². The number of ether oxygens (including phenoxy) is 1. The van der Waals surface area contributed by atoms with E-state index in [1.165, 1.54) is 6.07 Å². The van der Waals surface area contributed by atoms with Gasteiger partial charge in [-0.3, -0.25) is 0 Å². The average Bonchev–Trinajstić information content (AvgIpc) is 2.47. The van der Waals surface area contributed by atoms with Crippen molar-refractivity contribution in [2.45, 2.75) is 0 Å². The molecule has 0 fully saturated rings. The summed E-state index contributed by atoms with van der Waals surface area (Å²) in [6, 6.07) is 18.2. The van der Waals surface area contributed by atoms with Crippen LogP contribution < -0.4 is 4.74 Å². The molecule has 21 heavy (non-hydrogen) atoms. The molecule has 3 aromatic carbocycles. The first kappa shape index (κ1) is 13.5. The molecule has 0 aromatic heterocycles.